The second-order valence-electron chi connectivity index (χ2n) is 7.23. The molecule has 2 aliphatic heterocycles. The van der Waals surface area contributed by atoms with Gasteiger partial charge in [0.15, 0.2) is 11.6 Å². The number of nitrogens with zero attached hydrogens (tertiary/aromatic N) is 6. The summed E-state index contributed by atoms with van der Waals surface area (Å²) in [6.45, 7) is 5.37. The maximum absolute atomic E-state index is 9.81. The highest BCUT2D eigenvalue weighted by atomic mass is 16.6. The van der Waals surface area contributed by atoms with Crippen LogP contribution in [0.1, 0.15) is 38.5 Å². The van der Waals surface area contributed by atoms with Crippen molar-refractivity contribution in [2.24, 2.45) is 0 Å². The number of fused-ring (bicyclic) bond motifs is 1. The highest BCUT2D eigenvalue weighted by Gasteiger charge is 2.21. The lowest BCUT2D eigenvalue weighted by Gasteiger charge is -2.30. The summed E-state index contributed by atoms with van der Waals surface area (Å²) in [5.41, 5.74) is 0.883. The minimum Gasteiger partial charge on any atom is -0.392 e. The minimum atomic E-state index is -0.200. The van der Waals surface area contributed by atoms with Crippen molar-refractivity contribution in [3.63, 3.8) is 0 Å². The van der Waals surface area contributed by atoms with E-state index in [9.17, 15) is 5.11 Å². The molecular formula is C17H27N7O2. The number of likely N-dealkylation sites (tertiary alicyclic amines) is 1. The standard InChI is InChI=1S/C17H27N7O2/c25-13-6-5-8-23(12-13)11-7-18-16-17(24-9-3-1-2-4-10-24)20-15-14(19-16)21-26-22-15/h13,25H,1-12H2,(H,18,19,21)/t13-/m0/s1. The molecule has 26 heavy (non-hydrogen) atoms. The van der Waals surface area contributed by atoms with E-state index in [0.717, 1.165) is 63.7 Å². The summed E-state index contributed by atoms with van der Waals surface area (Å²) < 4.78 is 4.79. The summed E-state index contributed by atoms with van der Waals surface area (Å²) in [4.78, 5) is 13.8. The van der Waals surface area contributed by atoms with Crippen LogP contribution >= 0.6 is 0 Å². The first-order valence-corrected chi connectivity index (χ1v) is 9.69. The number of nitrogens with one attached hydrogen (secondary N) is 1. The van der Waals surface area contributed by atoms with Crippen molar-refractivity contribution in [2.75, 3.05) is 49.5 Å². The maximum Gasteiger partial charge on any atom is 0.245 e. The molecule has 0 aromatic carbocycles. The third-order valence-corrected chi connectivity index (χ3v) is 5.20. The Balaban J connectivity index is 1.47. The third kappa shape index (κ3) is 4.04. The van der Waals surface area contributed by atoms with Crippen LogP contribution in [-0.2, 0) is 0 Å². The Bertz CT molecular complexity index is 714. The van der Waals surface area contributed by atoms with Crippen molar-refractivity contribution in [3.05, 3.63) is 0 Å². The first-order chi connectivity index (χ1) is 12.8. The SMILES string of the molecule is O[C@H]1CCCN(CCNc2nc3nonc3nc2N2CCCCCC2)C1. The van der Waals surface area contributed by atoms with Crippen LogP contribution in [0.15, 0.2) is 4.63 Å². The number of hydrogen-bond donors (Lipinski definition) is 2. The molecule has 1 atom stereocenters. The summed E-state index contributed by atoms with van der Waals surface area (Å²) >= 11 is 0. The summed E-state index contributed by atoms with van der Waals surface area (Å²) in [5.74, 6) is 1.58. The molecule has 0 unspecified atom stereocenters. The van der Waals surface area contributed by atoms with Crippen molar-refractivity contribution in [1.82, 2.24) is 25.2 Å². The summed E-state index contributed by atoms with van der Waals surface area (Å²) in [6, 6.07) is 0. The highest BCUT2D eigenvalue weighted by Crippen LogP contribution is 2.26. The fourth-order valence-corrected chi connectivity index (χ4v) is 3.82. The van der Waals surface area contributed by atoms with E-state index in [-0.39, 0.29) is 6.10 Å². The topological polar surface area (TPSA) is 103 Å². The van der Waals surface area contributed by atoms with Crippen LogP contribution in [0, 0.1) is 0 Å². The Labute approximate surface area is 152 Å². The first-order valence-electron chi connectivity index (χ1n) is 9.69. The van der Waals surface area contributed by atoms with Gasteiger partial charge in [-0.25, -0.2) is 14.6 Å². The number of piperidine rings is 1. The second-order valence-corrected chi connectivity index (χ2v) is 7.23. The van der Waals surface area contributed by atoms with Crippen molar-refractivity contribution in [2.45, 2.75) is 44.6 Å². The molecule has 0 saturated carbocycles. The molecule has 142 valence electrons. The van der Waals surface area contributed by atoms with Gasteiger partial charge in [0.2, 0.25) is 11.3 Å². The van der Waals surface area contributed by atoms with Gasteiger partial charge in [0.25, 0.3) is 0 Å². The normalized spacial score (nSPS) is 22.5. The zero-order chi connectivity index (χ0) is 17.8. The zero-order valence-electron chi connectivity index (χ0n) is 15.1. The van der Waals surface area contributed by atoms with Gasteiger partial charge in [-0.1, -0.05) is 12.8 Å². The Morgan fingerprint density at radius 2 is 1.77 bits per heavy atom. The van der Waals surface area contributed by atoms with Crippen LogP contribution in [0.5, 0.6) is 0 Å². The molecule has 2 aromatic rings. The van der Waals surface area contributed by atoms with Gasteiger partial charge in [-0.15, -0.1) is 0 Å². The Hall–Kier alpha value is -2.00. The molecule has 2 N–H and O–H groups in total. The van der Waals surface area contributed by atoms with Crippen LogP contribution < -0.4 is 10.2 Å². The predicted octanol–water partition coefficient (Wildman–Crippen LogP) is 1.26. The summed E-state index contributed by atoms with van der Waals surface area (Å²) in [6.07, 6.45) is 6.62. The Kier molecular flexibility index (Phi) is 5.45. The molecule has 0 aliphatic carbocycles. The van der Waals surface area contributed by atoms with E-state index in [1.54, 1.807) is 0 Å². The molecule has 0 spiro atoms. The lowest BCUT2D eigenvalue weighted by atomic mass is 10.1. The van der Waals surface area contributed by atoms with E-state index < -0.39 is 0 Å². The zero-order valence-corrected chi connectivity index (χ0v) is 15.1. The fourth-order valence-electron chi connectivity index (χ4n) is 3.82. The van der Waals surface area contributed by atoms with Gasteiger partial charge in [-0.2, -0.15) is 0 Å². The molecule has 0 radical (unpaired) electrons. The maximum atomic E-state index is 9.81. The van der Waals surface area contributed by atoms with Crippen molar-refractivity contribution >= 4 is 22.9 Å². The monoisotopic (exact) mass is 361 g/mol. The Morgan fingerprint density at radius 3 is 2.54 bits per heavy atom. The van der Waals surface area contributed by atoms with Crippen LogP contribution in [0.4, 0.5) is 11.6 Å². The smallest absolute Gasteiger partial charge is 0.245 e. The average Bonchev–Trinajstić information content (AvgIpc) is 2.92. The molecule has 9 nitrogen and oxygen atoms in total. The summed E-state index contributed by atoms with van der Waals surface area (Å²) in [7, 11) is 0. The predicted molar refractivity (Wildman–Crippen MR) is 98.2 cm³/mol. The lowest BCUT2D eigenvalue weighted by Crippen LogP contribution is -2.40. The highest BCUT2D eigenvalue weighted by molar-refractivity contribution is 5.74. The van der Waals surface area contributed by atoms with Crippen LogP contribution in [0.3, 0.4) is 0 Å². The van der Waals surface area contributed by atoms with E-state index in [1.807, 2.05) is 0 Å². The van der Waals surface area contributed by atoms with Gasteiger partial charge >= 0.3 is 0 Å². The number of rotatable bonds is 5. The second kappa shape index (κ2) is 8.13. The fraction of sp³-hybridized carbons (Fsp3) is 0.765. The molecule has 0 amide bonds. The number of aromatic nitrogens is 4. The van der Waals surface area contributed by atoms with Gasteiger partial charge < -0.3 is 15.3 Å². The molecule has 2 aliphatic rings. The van der Waals surface area contributed by atoms with Crippen LogP contribution in [-0.4, -0.2) is 75.7 Å². The largest absolute Gasteiger partial charge is 0.392 e. The van der Waals surface area contributed by atoms with E-state index in [1.165, 1.54) is 25.7 Å². The molecule has 2 fully saturated rings. The lowest BCUT2D eigenvalue weighted by molar-refractivity contribution is 0.0730. The molecule has 4 heterocycles. The van der Waals surface area contributed by atoms with E-state index >= 15 is 0 Å². The summed E-state index contributed by atoms with van der Waals surface area (Å²) in [5, 5.41) is 20.9. The van der Waals surface area contributed by atoms with Gasteiger partial charge in [0.1, 0.15) is 0 Å². The van der Waals surface area contributed by atoms with Gasteiger partial charge in [-0.3, -0.25) is 4.90 Å². The number of aliphatic hydroxyl groups excluding tert-OH is 1. The average molecular weight is 361 g/mol. The number of β-amino-alcohol motifs (C(OH)–C–C–N with tert-alkyl or cyclic N) is 1. The number of anilines is 2. The molecule has 0 bridgehead atoms. The minimum absolute atomic E-state index is 0.200. The third-order valence-electron chi connectivity index (χ3n) is 5.20. The van der Waals surface area contributed by atoms with E-state index in [0.29, 0.717) is 11.3 Å². The molecule has 2 saturated heterocycles. The Morgan fingerprint density at radius 1 is 1.00 bits per heavy atom. The molecule has 4 rings (SSSR count). The van der Waals surface area contributed by atoms with E-state index in [4.69, 9.17) is 4.63 Å². The van der Waals surface area contributed by atoms with Gasteiger partial charge in [0.05, 0.1) is 6.10 Å². The van der Waals surface area contributed by atoms with Crippen molar-refractivity contribution in [1.29, 1.82) is 0 Å². The number of aliphatic hydroxyl groups is 1. The quantitative estimate of drug-likeness (QED) is 0.814. The van der Waals surface area contributed by atoms with Crippen LogP contribution in [0.2, 0.25) is 0 Å². The van der Waals surface area contributed by atoms with Crippen molar-refractivity contribution < 1.29 is 9.74 Å². The molecule has 2 aromatic heterocycles. The number of hydrogen-bond acceptors (Lipinski definition) is 9. The van der Waals surface area contributed by atoms with Gasteiger partial charge in [0, 0.05) is 32.7 Å². The van der Waals surface area contributed by atoms with Crippen LogP contribution in [0.25, 0.3) is 11.3 Å². The first kappa shape index (κ1) is 17.4. The van der Waals surface area contributed by atoms with Gasteiger partial charge in [-0.05, 0) is 42.5 Å². The molecular weight excluding hydrogens is 334 g/mol. The van der Waals surface area contributed by atoms with E-state index in [2.05, 4.69) is 35.4 Å². The van der Waals surface area contributed by atoms with Crippen molar-refractivity contribution in [3.8, 4) is 0 Å². The molecule has 9 heteroatoms.